The summed E-state index contributed by atoms with van der Waals surface area (Å²) in [4.78, 5) is 22.3. The fraction of sp³-hybridized carbons (Fsp3) is 0.529. The zero-order chi connectivity index (χ0) is 16.5. The molecule has 126 valence electrons. The molecular weight excluding hydrogens is 296 g/mol. The van der Waals surface area contributed by atoms with Gasteiger partial charge in [-0.2, -0.15) is 0 Å². The van der Waals surface area contributed by atoms with Gasteiger partial charge < -0.3 is 20.5 Å². The van der Waals surface area contributed by atoms with Gasteiger partial charge in [-0.05, 0) is 24.8 Å². The van der Waals surface area contributed by atoms with Crippen LogP contribution in [0, 0.1) is 0 Å². The molecule has 6 nitrogen and oxygen atoms in total. The zero-order valence-electron chi connectivity index (χ0n) is 13.2. The summed E-state index contributed by atoms with van der Waals surface area (Å²) in [6.07, 6.45) is 2.23. The molecule has 0 radical (unpaired) electrons. The van der Waals surface area contributed by atoms with Crippen molar-refractivity contribution < 1.29 is 19.4 Å². The van der Waals surface area contributed by atoms with Gasteiger partial charge in [0.1, 0.15) is 0 Å². The number of nitrogens with one attached hydrogen (secondary N) is 2. The molecule has 1 fully saturated rings. The number of amides is 2. The molecule has 0 saturated carbocycles. The molecule has 1 aliphatic heterocycles. The van der Waals surface area contributed by atoms with E-state index in [1.165, 1.54) is 5.56 Å². The summed E-state index contributed by atoms with van der Waals surface area (Å²) < 4.78 is 5.47. The highest BCUT2D eigenvalue weighted by Gasteiger charge is 2.34. The molecule has 0 atom stereocenters. The predicted octanol–water partition coefficient (Wildman–Crippen LogP) is 1.90. The maximum Gasteiger partial charge on any atom is 0.314 e. The SMILES string of the molecule is O=C(O)CCCNC(=O)NCC1(c2ccccc2)CCOCC1. The van der Waals surface area contributed by atoms with E-state index in [9.17, 15) is 9.59 Å². The van der Waals surface area contributed by atoms with Crippen LogP contribution in [0.4, 0.5) is 4.79 Å². The van der Waals surface area contributed by atoms with Gasteiger partial charge in [0.05, 0.1) is 0 Å². The molecule has 2 rings (SSSR count). The van der Waals surface area contributed by atoms with Gasteiger partial charge in [0.15, 0.2) is 0 Å². The first-order valence-electron chi connectivity index (χ1n) is 7.99. The Bertz CT molecular complexity index is 513. The Hall–Kier alpha value is -2.08. The van der Waals surface area contributed by atoms with Gasteiger partial charge in [-0.3, -0.25) is 4.79 Å². The van der Waals surface area contributed by atoms with Crippen molar-refractivity contribution in [2.24, 2.45) is 0 Å². The minimum absolute atomic E-state index is 0.0611. The van der Waals surface area contributed by atoms with Crippen LogP contribution in [-0.4, -0.2) is 43.4 Å². The number of rotatable bonds is 7. The summed E-state index contributed by atoms with van der Waals surface area (Å²) in [5, 5.41) is 14.2. The van der Waals surface area contributed by atoms with Crippen molar-refractivity contribution in [2.75, 3.05) is 26.3 Å². The molecule has 1 aromatic rings. The number of ether oxygens (including phenoxy) is 1. The molecule has 0 aromatic heterocycles. The predicted molar refractivity (Wildman–Crippen MR) is 86.4 cm³/mol. The van der Waals surface area contributed by atoms with E-state index < -0.39 is 5.97 Å². The summed E-state index contributed by atoms with van der Waals surface area (Å²) in [7, 11) is 0. The maximum absolute atomic E-state index is 11.9. The summed E-state index contributed by atoms with van der Waals surface area (Å²) in [5.74, 6) is -0.850. The van der Waals surface area contributed by atoms with Crippen LogP contribution in [0.5, 0.6) is 0 Å². The molecule has 1 aromatic carbocycles. The number of carbonyl (C=O) groups excluding carboxylic acids is 1. The molecule has 0 spiro atoms. The van der Waals surface area contributed by atoms with Crippen LogP contribution in [0.15, 0.2) is 30.3 Å². The second kappa shape index (κ2) is 8.53. The van der Waals surface area contributed by atoms with Crippen LogP contribution in [0.25, 0.3) is 0 Å². The fourth-order valence-electron chi connectivity index (χ4n) is 2.87. The summed E-state index contributed by atoms with van der Waals surface area (Å²) >= 11 is 0. The standard InChI is InChI=1S/C17H24N2O4/c20-15(21)7-4-10-18-16(22)19-13-17(8-11-23-12-9-17)14-5-2-1-3-6-14/h1-3,5-6H,4,7-13H2,(H,20,21)(H2,18,19,22). The Balaban J connectivity index is 1.87. The molecule has 1 heterocycles. The molecule has 1 saturated heterocycles. The average Bonchev–Trinajstić information content (AvgIpc) is 2.58. The first-order chi connectivity index (χ1) is 11.1. The summed E-state index contributed by atoms with van der Waals surface area (Å²) in [6, 6.07) is 9.95. The zero-order valence-corrected chi connectivity index (χ0v) is 13.2. The third-order valence-electron chi connectivity index (χ3n) is 4.28. The quantitative estimate of drug-likeness (QED) is 0.670. The van der Waals surface area contributed by atoms with Crippen molar-refractivity contribution in [3.05, 3.63) is 35.9 Å². The van der Waals surface area contributed by atoms with Crippen LogP contribution >= 0.6 is 0 Å². The highest BCUT2D eigenvalue weighted by Crippen LogP contribution is 2.34. The third-order valence-corrected chi connectivity index (χ3v) is 4.28. The minimum atomic E-state index is -0.850. The van der Waals surface area contributed by atoms with Crippen LogP contribution < -0.4 is 10.6 Å². The lowest BCUT2D eigenvalue weighted by atomic mass is 9.74. The fourth-order valence-corrected chi connectivity index (χ4v) is 2.87. The lowest BCUT2D eigenvalue weighted by Gasteiger charge is -2.38. The van der Waals surface area contributed by atoms with E-state index in [2.05, 4.69) is 22.8 Å². The van der Waals surface area contributed by atoms with E-state index in [0.717, 1.165) is 12.8 Å². The van der Waals surface area contributed by atoms with Crippen LogP contribution in [-0.2, 0) is 14.9 Å². The summed E-state index contributed by atoms with van der Waals surface area (Å²) in [5.41, 5.74) is 1.12. The lowest BCUT2D eigenvalue weighted by molar-refractivity contribution is -0.137. The first-order valence-corrected chi connectivity index (χ1v) is 7.99. The second-order valence-corrected chi connectivity index (χ2v) is 5.87. The molecule has 6 heteroatoms. The Labute approximate surface area is 136 Å². The molecular formula is C17H24N2O4. The summed E-state index contributed by atoms with van der Waals surface area (Å²) in [6.45, 7) is 2.29. The molecule has 0 bridgehead atoms. The molecule has 2 amide bonds. The first kappa shape index (κ1) is 17.3. The van der Waals surface area contributed by atoms with Gasteiger partial charge in [-0.25, -0.2) is 4.79 Å². The van der Waals surface area contributed by atoms with E-state index in [1.54, 1.807) is 0 Å². The highest BCUT2D eigenvalue weighted by molar-refractivity contribution is 5.74. The normalized spacial score (nSPS) is 16.5. The van der Waals surface area contributed by atoms with Gasteiger partial charge in [-0.15, -0.1) is 0 Å². The topological polar surface area (TPSA) is 87.7 Å². The van der Waals surface area contributed by atoms with Crippen LogP contribution in [0.1, 0.15) is 31.2 Å². The maximum atomic E-state index is 11.9. The van der Waals surface area contributed by atoms with Crippen molar-refractivity contribution in [3.63, 3.8) is 0 Å². The molecule has 0 aliphatic carbocycles. The molecule has 1 aliphatic rings. The number of carbonyl (C=O) groups is 2. The second-order valence-electron chi connectivity index (χ2n) is 5.87. The van der Waals surface area contributed by atoms with Crippen molar-refractivity contribution in [1.82, 2.24) is 10.6 Å². The third kappa shape index (κ3) is 5.25. The lowest BCUT2D eigenvalue weighted by Crippen LogP contribution is -2.47. The van der Waals surface area contributed by atoms with E-state index >= 15 is 0 Å². The number of urea groups is 1. The molecule has 0 unspecified atom stereocenters. The van der Waals surface area contributed by atoms with Crippen molar-refractivity contribution in [1.29, 1.82) is 0 Å². The Morgan fingerprint density at radius 2 is 1.83 bits per heavy atom. The number of benzene rings is 1. The highest BCUT2D eigenvalue weighted by atomic mass is 16.5. The minimum Gasteiger partial charge on any atom is -0.481 e. The van der Waals surface area contributed by atoms with E-state index in [-0.39, 0.29) is 17.9 Å². The monoisotopic (exact) mass is 320 g/mol. The molecule has 3 N–H and O–H groups in total. The van der Waals surface area contributed by atoms with Gasteiger partial charge in [0.2, 0.25) is 0 Å². The number of aliphatic carboxylic acids is 1. The van der Waals surface area contributed by atoms with Crippen molar-refractivity contribution in [2.45, 2.75) is 31.1 Å². The average molecular weight is 320 g/mol. The van der Waals surface area contributed by atoms with E-state index in [1.807, 2.05) is 18.2 Å². The van der Waals surface area contributed by atoms with Gasteiger partial charge in [-0.1, -0.05) is 30.3 Å². The van der Waals surface area contributed by atoms with Gasteiger partial charge in [0, 0.05) is 38.1 Å². The Morgan fingerprint density at radius 1 is 1.13 bits per heavy atom. The van der Waals surface area contributed by atoms with Crippen LogP contribution in [0.2, 0.25) is 0 Å². The number of hydrogen-bond donors (Lipinski definition) is 3. The van der Waals surface area contributed by atoms with Gasteiger partial charge in [0.25, 0.3) is 0 Å². The van der Waals surface area contributed by atoms with Crippen molar-refractivity contribution in [3.8, 4) is 0 Å². The van der Waals surface area contributed by atoms with Gasteiger partial charge >= 0.3 is 12.0 Å². The Morgan fingerprint density at radius 3 is 2.48 bits per heavy atom. The number of carboxylic acid groups (broad SMARTS) is 1. The van der Waals surface area contributed by atoms with E-state index in [4.69, 9.17) is 9.84 Å². The van der Waals surface area contributed by atoms with Crippen molar-refractivity contribution >= 4 is 12.0 Å². The Kier molecular flexibility index (Phi) is 6.40. The van der Waals surface area contributed by atoms with Crippen LogP contribution in [0.3, 0.4) is 0 Å². The molecule has 23 heavy (non-hydrogen) atoms. The number of carboxylic acids is 1. The number of hydrogen-bond acceptors (Lipinski definition) is 3. The van der Waals surface area contributed by atoms with E-state index in [0.29, 0.717) is 32.7 Å². The smallest absolute Gasteiger partial charge is 0.314 e. The largest absolute Gasteiger partial charge is 0.481 e.